The fourth-order valence-electron chi connectivity index (χ4n) is 2.64. The second-order valence-corrected chi connectivity index (χ2v) is 5.68. The number of hydrogen-bond acceptors (Lipinski definition) is 4. The Balaban J connectivity index is 2.02. The third-order valence-electron chi connectivity index (χ3n) is 3.76. The van der Waals surface area contributed by atoms with Gasteiger partial charge in [-0.2, -0.15) is 0 Å². The van der Waals surface area contributed by atoms with Crippen molar-refractivity contribution in [1.82, 2.24) is 9.97 Å². The van der Waals surface area contributed by atoms with E-state index in [2.05, 4.69) is 33.9 Å². The van der Waals surface area contributed by atoms with Crippen LogP contribution in [0.4, 0.5) is 5.82 Å². The largest absolute Gasteiger partial charge is 0.377 e. The van der Waals surface area contributed by atoms with E-state index in [4.69, 9.17) is 16.3 Å². The number of aromatic nitrogens is 2. The zero-order valence-corrected chi connectivity index (χ0v) is 13.0. The van der Waals surface area contributed by atoms with Gasteiger partial charge in [-0.25, -0.2) is 4.98 Å². The highest BCUT2D eigenvalue weighted by molar-refractivity contribution is 6.29. The molecule has 2 aromatic heterocycles. The molecule has 0 aromatic carbocycles. The number of aryl methyl sites for hydroxylation is 1. The third-order valence-corrected chi connectivity index (χ3v) is 3.95. The number of anilines is 1. The van der Waals surface area contributed by atoms with Gasteiger partial charge in [-0.1, -0.05) is 17.7 Å². The van der Waals surface area contributed by atoms with Crippen LogP contribution in [-0.2, 0) is 4.74 Å². The van der Waals surface area contributed by atoms with Crippen molar-refractivity contribution in [3.63, 3.8) is 0 Å². The molecule has 1 aliphatic rings. The first-order valence-electron chi connectivity index (χ1n) is 7.09. The van der Waals surface area contributed by atoms with Crippen molar-refractivity contribution in [2.24, 2.45) is 0 Å². The van der Waals surface area contributed by atoms with Crippen LogP contribution in [0.2, 0.25) is 5.15 Å². The first-order chi connectivity index (χ1) is 10.1. The fourth-order valence-corrected chi connectivity index (χ4v) is 2.85. The van der Waals surface area contributed by atoms with Gasteiger partial charge in [-0.15, -0.1) is 0 Å². The van der Waals surface area contributed by atoms with Crippen molar-refractivity contribution in [3.05, 3.63) is 41.3 Å². The number of pyridine rings is 2. The van der Waals surface area contributed by atoms with Gasteiger partial charge in [0.15, 0.2) is 0 Å². The molecule has 0 unspecified atom stereocenters. The Morgan fingerprint density at radius 1 is 1.38 bits per heavy atom. The van der Waals surface area contributed by atoms with Gasteiger partial charge in [0.1, 0.15) is 11.0 Å². The normalized spacial score (nSPS) is 18.8. The molecule has 0 spiro atoms. The lowest BCUT2D eigenvalue weighted by molar-refractivity contribution is 0.0985. The van der Waals surface area contributed by atoms with Crippen LogP contribution < -0.4 is 4.90 Å². The molecule has 1 saturated heterocycles. The van der Waals surface area contributed by atoms with Gasteiger partial charge in [0, 0.05) is 24.0 Å². The maximum atomic E-state index is 6.23. The number of morpholine rings is 1. The highest BCUT2D eigenvalue weighted by Crippen LogP contribution is 2.29. The van der Waals surface area contributed by atoms with Crippen molar-refractivity contribution < 1.29 is 4.74 Å². The van der Waals surface area contributed by atoms with Crippen LogP contribution in [0, 0.1) is 6.92 Å². The molecule has 110 valence electrons. The monoisotopic (exact) mass is 303 g/mol. The number of ether oxygens (including phenoxy) is 1. The molecular weight excluding hydrogens is 286 g/mol. The summed E-state index contributed by atoms with van der Waals surface area (Å²) in [6, 6.07) is 8.26. The summed E-state index contributed by atoms with van der Waals surface area (Å²) in [4.78, 5) is 11.1. The molecule has 21 heavy (non-hydrogen) atoms. The minimum absolute atomic E-state index is 0.299. The van der Waals surface area contributed by atoms with E-state index in [0.717, 1.165) is 42.4 Å². The molecule has 1 fully saturated rings. The summed E-state index contributed by atoms with van der Waals surface area (Å²) in [7, 11) is 0. The van der Waals surface area contributed by atoms with E-state index in [1.54, 1.807) is 6.20 Å². The molecule has 4 nitrogen and oxygen atoms in total. The minimum atomic E-state index is 0.299. The fraction of sp³-hybridized carbons (Fsp3) is 0.375. The average Bonchev–Trinajstić information content (AvgIpc) is 2.47. The summed E-state index contributed by atoms with van der Waals surface area (Å²) < 4.78 is 5.49. The molecule has 2 aromatic rings. The van der Waals surface area contributed by atoms with E-state index in [0.29, 0.717) is 11.2 Å². The SMILES string of the molecule is Cc1ncccc1-c1cc(Cl)nc(N2CCOC[C@H]2C)c1. The molecule has 0 saturated carbocycles. The zero-order valence-electron chi connectivity index (χ0n) is 12.2. The molecular formula is C16H18ClN3O. The van der Waals surface area contributed by atoms with E-state index >= 15 is 0 Å². The number of nitrogens with zero attached hydrogens (tertiary/aromatic N) is 3. The molecule has 0 N–H and O–H groups in total. The van der Waals surface area contributed by atoms with Crippen LogP contribution in [-0.4, -0.2) is 35.8 Å². The van der Waals surface area contributed by atoms with Gasteiger partial charge in [0.2, 0.25) is 0 Å². The van der Waals surface area contributed by atoms with Crippen LogP contribution in [0.25, 0.3) is 11.1 Å². The quantitative estimate of drug-likeness (QED) is 0.798. The average molecular weight is 304 g/mol. The van der Waals surface area contributed by atoms with Gasteiger partial charge in [0.05, 0.1) is 19.3 Å². The van der Waals surface area contributed by atoms with Crippen molar-refractivity contribution in [1.29, 1.82) is 0 Å². The van der Waals surface area contributed by atoms with Gasteiger partial charge < -0.3 is 9.64 Å². The Labute approximate surface area is 129 Å². The van der Waals surface area contributed by atoms with Crippen LogP contribution >= 0.6 is 11.6 Å². The highest BCUT2D eigenvalue weighted by Gasteiger charge is 2.21. The Hall–Kier alpha value is -1.65. The van der Waals surface area contributed by atoms with Crippen LogP contribution in [0.3, 0.4) is 0 Å². The summed E-state index contributed by atoms with van der Waals surface area (Å²) in [6.45, 7) is 6.41. The number of halogens is 1. The molecule has 5 heteroatoms. The Kier molecular flexibility index (Phi) is 4.08. The lowest BCUT2D eigenvalue weighted by atomic mass is 10.1. The van der Waals surface area contributed by atoms with Gasteiger partial charge in [-0.3, -0.25) is 4.98 Å². The smallest absolute Gasteiger partial charge is 0.132 e. The third kappa shape index (κ3) is 3.01. The Morgan fingerprint density at radius 2 is 2.24 bits per heavy atom. The van der Waals surface area contributed by atoms with E-state index in [-0.39, 0.29) is 0 Å². The predicted octanol–water partition coefficient (Wildman–Crippen LogP) is 3.33. The molecule has 0 aliphatic carbocycles. The maximum Gasteiger partial charge on any atom is 0.132 e. The Morgan fingerprint density at radius 3 is 3.00 bits per heavy atom. The van der Waals surface area contributed by atoms with Gasteiger partial charge >= 0.3 is 0 Å². The van der Waals surface area contributed by atoms with E-state index < -0.39 is 0 Å². The highest BCUT2D eigenvalue weighted by atomic mass is 35.5. The van der Waals surface area contributed by atoms with E-state index in [1.165, 1.54) is 0 Å². The lowest BCUT2D eigenvalue weighted by Crippen LogP contribution is -2.44. The number of hydrogen-bond donors (Lipinski definition) is 0. The summed E-state index contributed by atoms with van der Waals surface area (Å²) in [6.07, 6.45) is 1.80. The van der Waals surface area contributed by atoms with Crippen molar-refractivity contribution in [2.45, 2.75) is 19.9 Å². The molecule has 3 rings (SSSR count). The van der Waals surface area contributed by atoms with Crippen molar-refractivity contribution >= 4 is 17.4 Å². The lowest BCUT2D eigenvalue weighted by Gasteiger charge is -2.34. The first-order valence-corrected chi connectivity index (χ1v) is 7.47. The number of rotatable bonds is 2. The maximum absolute atomic E-state index is 6.23. The molecule has 1 aliphatic heterocycles. The topological polar surface area (TPSA) is 38.2 Å². The van der Waals surface area contributed by atoms with Crippen LogP contribution in [0.15, 0.2) is 30.5 Å². The zero-order chi connectivity index (χ0) is 14.8. The first kappa shape index (κ1) is 14.3. The standard InChI is InChI=1S/C16H18ClN3O/c1-11-10-21-7-6-20(11)16-9-13(8-15(17)19-16)14-4-3-5-18-12(14)2/h3-5,8-9,11H,6-7,10H2,1-2H3/t11-/m1/s1. The summed E-state index contributed by atoms with van der Waals surface area (Å²) in [5.41, 5.74) is 3.12. The van der Waals surface area contributed by atoms with Crippen molar-refractivity contribution in [2.75, 3.05) is 24.7 Å². The second-order valence-electron chi connectivity index (χ2n) is 5.29. The summed E-state index contributed by atoms with van der Waals surface area (Å²) >= 11 is 6.23. The molecule has 0 radical (unpaired) electrons. The van der Waals surface area contributed by atoms with Crippen LogP contribution in [0.5, 0.6) is 0 Å². The molecule has 1 atom stereocenters. The molecule has 0 amide bonds. The molecule has 3 heterocycles. The molecule has 0 bridgehead atoms. The van der Waals surface area contributed by atoms with E-state index in [9.17, 15) is 0 Å². The van der Waals surface area contributed by atoms with Crippen LogP contribution in [0.1, 0.15) is 12.6 Å². The van der Waals surface area contributed by atoms with Crippen molar-refractivity contribution in [3.8, 4) is 11.1 Å². The van der Waals surface area contributed by atoms with Gasteiger partial charge in [-0.05, 0) is 37.6 Å². The van der Waals surface area contributed by atoms with Gasteiger partial charge in [0.25, 0.3) is 0 Å². The summed E-state index contributed by atoms with van der Waals surface area (Å²) in [5.74, 6) is 0.900. The summed E-state index contributed by atoms with van der Waals surface area (Å²) in [5, 5.41) is 0.504. The predicted molar refractivity (Wildman–Crippen MR) is 84.8 cm³/mol. The Bertz CT molecular complexity index is 647. The van der Waals surface area contributed by atoms with E-state index in [1.807, 2.05) is 19.1 Å². The second kappa shape index (κ2) is 6.00. The minimum Gasteiger partial charge on any atom is -0.377 e.